The molecule has 5 heteroatoms. The minimum atomic E-state index is -0.0901. The van der Waals surface area contributed by atoms with Gasteiger partial charge in [-0.3, -0.25) is 4.79 Å². The number of H-pyrrole nitrogens is 1. The van der Waals surface area contributed by atoms with Crippen LogP contribution >= 0.6 is 0 Å². The summed E-state index contributed by atoms with van der Waals surface area (Å²) in [7, 11) is 1.64. The Bertz CT molecular complexity index is 1210. The minimum absolute atomic E-state index is 0.0647. The lowest BCUT2D eigenvalue weighted by Crippen LogP contribution is -2.28. The summed E-state index contributed by atoms with van der Waals surface area (Å²) in [6.45, 7) is 4.97. The molecule has 0 radical (unpaired) electrons. The van der Waals surface area contributed by atoms with Crippen molar-refractivity contribution in [2.24, 2.45) is 0 Å². The van der Waals surface area contributed by atoms with Gasteiger partial charge in [-0.15, -0.1) is 0 Å². The van der Waals surface area contributed by atoms with Crippen LogP contribution < -0.4 is 14.8 Å². The van der Waals surface area contributed by atoms with E-state index in [9.17, 15) is 4.79 Å². The van der Waals surface area contributed by atoms with Gasteiger partial charge in [0.1, 0.15) is 0 Å². The van der Waals surface area contributed by atoms with Gasteiger partial charge < -0.3 is 19.8 Å². The Morgan fingerprint density at radius 3 is 2.56 bits per heavy atom. The fraction of sp³-hybridized carbons (Fsp3) is 0.222. The van der Waals surface area contributed by atoms with E-state index in [1.54, 1.807) is 7.11 Å². The van der Waals surface area contributed by atoms with Crippen LogP contribution in [0.2, 0.25) is 0 Å². The molecular weight excluding hydrogens is 400 g/mol. The van der Waals surface area contributed by atoms with E-state index in [1.165, 1.54) is 0 Å². The molecule has 0 spiro atoms. The third-order valence-electron chi connectivity index (χ3n) is 5.67. The van der Waals surface area contributed by atoms with E-state index in [2.05, 4.69) is 22.4 Å². The smallest absolute Gasteiger partial charge is 0.251 e. The first-order valence-electron chi connectivity index (χ1n) is 10.8. The second-order valence-corrected chi connectivity index (χ2v) is 7.76. The minimum Gasteiger partial charge on any atom is -0.493 e. The number of hydrogen-bond donors (Lipinski definition) is 2. The fourth-order valence-electron chi connectivity index (χ4n) is 3.97. The molecule has 2 N–H and O–H groups in total. The molecule has 32 heavy (non-hydrogen) atoms. The van der Waals surface area contributed by atoms with Crippen LogP contribution in [0.5, 0.6) is 11.5 Å². The van der Waals surface area contributed by atoms with Crippen molar-refractivity contribution in [2.45, 2.75) is 19.8 Å². The van der Waals surface area contributed by atoms with Gasteiger partial charge in [0.05, 0.1) is 13.7 Å². The molecule has 1 atom stereocenters. The number of fused-ring (bicyclic) bond motifs is 1. The van der Waals surface area contributed by atoms with Gasteiger partial charge in [-0.25, -0.2) is 0 Å². The molecule has 0 aliphatic heterocycles. The molecule has 0 aliphatic carbocycles. The number of aromatic nitrogens is 1. The molecule has 0 saturated heterocycles. The van der Waals surface area contributed by atoms with Crippen LogP contribution in [0.3, 0.4) is 0 Å². The third-order valence-corrected chi connectivity index (χ3v) is 5.67. The number of amides is 1. The summed E-state index contributed by atoms with van der Waals surface area (Å²) in [5, 5.41) is 4.26. The summed E-state index contributed by atoms with van der Waals surface area (Å²) >= 11 is 0. The highest BCUT2D eigenvalue weighted by molar-refractivity contribution is 5.94. The Kier molecular flexibility index (Phi) is 6.45. The van der Waals surface area contributed by atoms with Crippen molar-refractivity contribution in [1.29, 1.82) is 0 Å². The van der Waals surface area contributed by atoms with Crippen LogP contribution in [0.15, 0.2) is 72.9 Å². The van der Waals surface area contributed by atoms with E-state index in [1.807, 2.05) is 74.6 Å². The van der Waals surface area contributed by atoms with E-state index < -0.39 is 0 Å². The van der Waals surface area contributed by atoms with E-state index in [-0.39, 0.29) is 11.8 Å². The van der Waals surface area contributed by atoms with Crippen molar-refractivity contribution in [3.05, 3.63) is 95.2 Å². The third kappa shape index (κ3) is 4.47. The molecule has 0 saturated carbocycles. The van der Waals surface area contributed by atoms with Crippen LogP contribution in [-0.4, -0.2) is 31.2 Å². The molecule has 1 amide bonds. The molecule has 1 unspecified atom stereocenters. The largest absolute Gasteiger partial charge is 0.493 e. The van der Waals surface area contributed by atoms with Crippen LogP contribution in [0.1, 0.15) is 39.9 Å². The zero-order valence-electron chi connectivity index (χ0n) is 18.6. The van der Waals surface area contributed by atoms with Gasteiger partial charge in [0.15, 0.2) is 11.5 Å². The highest BCUT2D eigenvalue weighted by atomic mass is 16.5. The fourth-order valence-corrected chi connectivity index (χ4v) is 3.97. The van der Waals surface area contributed by atoms with Crippen LogP contribution in [0.25, 0.3) is 10.9 Å². The van der Waals surface area contributed by atoms with Gasteiger partial charge in [-0.1, -0.05) is 42.0 Å². The zero-order valence-corrected chi connectivity index (χ0v) is 18.6. The first-order valence-corrected chi connectivity index (χ1v) is 10.8. The van der Waals surface area contributed by atoms with Crippen molar-refractivity contribution in [1.82, 2.24) is 10.3 Å². The van der Waals surface area contributed by atoms with Gasteiger partial charge >= 0.3 is 0 Å². The summed E-state index contributed by atoms with van der Waals surface area (Å²) in [6.07, 6.45) is 2.02. The normalized spacial score (nSPS) is 11.8. The Labute approximate surface area is 188 Å². The number of hydrogen-bond acceptors (Lipinski definition) is 3. The Morgan fingerprint density at radius 1 is 1.03 bits per heavy atom. The van der Waals surface area contributed by atoms with E-state index in [0.29, 0.717) is 30.2 Å². The van der Waals surface area contributed by atoms with Crippen molar-refractivity contribution in [3.8, 4) is 11.5 Å². The molecule has 1 heterocycles. The second kappa shape index (κ2) is 9.60. The quantitative estimate of drug-likeness (QED) is 0.392. The number of nitrogens with one attached hydrogen (secondary N) is 2. The predicted octanol–water partition coefficient (Wildman–Crippen LogP) is 5.45. The number of methoxy groups -OCH3 is 1. The molecule has 5 nitrogen and oxygen atoms in total. The van der Waals surface area contributed by atoms with E-state index in [0.717, 1.165) is 27.6 Å². The lowest BCUT2D eigenvalue weighted by atomic mass is 9.90. The van der Waals surface area contributed by atoms with Crippen molar-refractivity contribution < 1.29 is 14.3 Å². The highest BCUT2D eigenvalue weighted by Crippen LogP contribution is 2.35. The lowest BCUT2D eigenvalue weighted by Gasteiger charge is -2.20. The van der Waals surface area contributed by atoms with E-state index in [4.69, 9.17) is 9.47 Å². The van der Waals surface area contributed by atoms with Gasteiger partial charge in [-0.2, -0.15) is 0 Å². The van der Waals surface area contributed by atoms with Gasteiger partial charge in [0.2, 0.25) is 0 Å². The summed E-state index contributed by atoms with van der Waals surface area (Å²) in [5.41, 5.74) is 5.00. The van der Waals surface area contributed by atoms with Crippen LogP contribution in [0.4, 0.5) is 0 Å². The first kappa shape index (κ1) is 21.5. The summed E-state index contributed by atoms with van der Waals surface area (Å²) in [5.74, 6) is 1.23. The number of benzene rings is 3. The van der Waals surface area contributed by atoms with Crippen molar-refractivity contribution in [3.63, 3.8) is 0 Å². The molecule has 0 fully saturated rings. The molecule has 164 valence electrons. The van der Waals surface area contributed by atoms with Crippen LogP contribution in [0, 0.1) is 6.92 Å². The number of aryl methyl sites for hydroxylation is 1. The Hall–Kier alpha value is -3.73. The average molecular weight is 429 g/mol. The van der Waals surface area contributed by atoms with Crippen LogP contribution in [-0.2, 0) is 0 Å². The molecule has 4 aromatic rings. The predicted molar refractivity (Wildman–Crippen MR) is 128 cm³/mol. The number of ether oxygens (including phenoxy) is 2. The molecule has 3 aromatic carbocycles. The second-order valence-electron chi connectivity index (χ2n) is 7.76. The number of carbonyl (C=O) groups is 1. The summed E-state index contributed by atoms with van der Waals surface area (Å²) in [4.78, 5) is 16.2. The topological polar surface area (TPSA) is 63.3 Å². The Morgan fingerprint density at radius 2 is 1.81 bits per heavy atom. The number of carbonyl (C=O) groups excluding carboxylic acids is 1. The van der Waals surface area contributed by atoms with E-state index >= 15 is 0 Å². The molecule has 4 rings (SSSR count). The molecule has 1 aromatic heterocycles. The maximum absolute atomic E-state index is 12.8. The standard InChI is InChI=1S/C27H28N2O3/c1-4-32-25-14-13-20(15-26(25)31-3)22(23-17-28-24-8-6-5-7-21(23)24)16-29-27(30)19-11-9-18(2)10-12-19/h5-15,17,22,28H,4,16H2,1-3H3,(H,29,30). The number of aromatic amines is 1. The van der Waals surface area contributed by atoms with Gasteiger partial charge in [0.25, 0.3) is 5.91 Å². The monoisotopic (exact) mass is 428 g/mol. The lowest BCUT2D eigenvalue weighted by molar-refractivity contribution is 0.0952. The summed E-state index contributed by atoms with van der Waals surface area (Å²) < 4.78 is 11.3. The molecule has 0 aliphatic rings. The zero-order chi connectivity index (χ0) is 22.5. The number of para-hydroxylation sites is 1. The number of rotatable bonds is 8. The Balaban J connectivity index is 1.69. The highest BCUT2D eigenvalue weighted by Gasteiger charge is 2.21. The summed E-state index contributed by atoms with van der Waals surface area (Å²) in [6, 6.07) is 21.8. The SMILES string of the molecule is CCOc1ccc(C(CNC(=O)c2ccc(C)cc2)c2c[nH]c3ccccc23)cc1OC. The maximum Gasteiger partial charge on any atom is 0.251 e. The van der Waals surface area contributed by atoms with Gasteiger partial charge in [0, 0.05) is 35.1 Å². The molecular formula is C27H28N2O3. The first-order chi connectivity index (χ1) is 15.6. The van der Waals surface area contributed by atoms with Crippen molar-refractivity contribution in [2.75, 3.05) is 20.3 Å². The average Bonchev–Trinajstić information content (AvgIpc) is 3.24. The van der Waals surface area contributed by atoms with Crippen molar-refractivity contribution >= 4 is 16.8 Å². The maximum atomic E-state index is 12.8. The molecule has 0 bridgehead atoms. The van der Waals surface area contributed by atoms with Gasteiger partial charge in [-0.05, 0) is 55.3 Å².